The van der Waals surface area contributed by atoms with Gasteiger partial charge in [0.15, 0.2) is 0 Å². The third-order valence-corrected chi connectivity index (χ3v) is 4.70. The summed E-state index contributed by atoms with van der Waals surface area (Å²) in [5, 5.41) is 0. The normalized spacial score (nSPS) is 14.7. The first-order valence-corrected chi connectivity index (χ1v) is 8.10. The van der Waals surface area contributed by atoms with E-state index in [4.69, 9.17) is 5.73 Å². The minimum atomic E-state index is -0.879. The van der Waals surface area contributed by atoms with Crippen LogP contribution in [0.3, 0.4) is 0 Å². The van der Waals surface area contributed by atoms with E-state index in [9.17, 15) is 4.21 Å². The lowest BCUT2D eigenvalue weighted by molar-refractivity contribution is 0.586. The van der Waals surface area contributed by atoms with Gasteiger partial charge in [-0.25, -0.2) is 0 Å². The summed E-state index contributed by atoms with van der Waals surface area (Å²) in [6.45, 7) is 6.42. The molecule has 1 rings (SSSR count). The number of hydrogen-bond donors (Lipinski definition) is 1. The fraction of sp³-hybridized carbons (Fsp3) is 0.600. The highest BCUT2D eigenvalue weighted by molar-refractivity contribution is 7.85. The van der Waals surface area contributed by atoms with E-state index >= 15 is 0 Å². The Bertz CT molecular complexity index is 373. The highest BCUT2D eigenvalue weighted by Crippen LogP contribution is 2.17. The molecule has 0 saturated carbocycles. The molecule has 0 aliphatic carbocycles. The molecule has 18 heavy (non-hydrogen) atoms. The standard InChI is InChI=1S/C15H25NOS/c1-4-14(16)6-5-11-18(17)15-9-7-13(8-10-15)12(2)3/h7-10,12,14H,4-6,11,16H2,1-3H3. The summed E-state index contributed by atoms with van der Waals surface area (Å²) < 4.78 is 12.1. The third-order valence-electron chi connectivity index (χ3n) is 3.24. The maximum atomic E-state index is 12.1. The Kier molecular flexibility index (Phi) is 6.58. The van der Waals surface area contributed by atoms with Crippen molar-refractivity contribution in [1.82, 2.24) is 0 Å². The molecule has 102 valence electrons. The minimum Gasteiger partial charge on any atom is -0.328 e. The highest BCUT2D eigenvalue weighted by Gasteiger charge is 2.06. The molecule has 0 saturated heterocycles. The Balaban J connectivity index is 2.46. The summed E-state index contributed by atoms with van der Waals surface area (Å²) in [5.41, 5.74) is 7.15. The van der Waals surface area contributed by atoms with Gasteiger partial charge < -0.3 is 5.73 Å². The Morgan fingerprint density at radius 3 is 2.33 bits per heavy atom. The number of hydrogen-bond acceptors (Lipinski definition) is 2. The number of benzene rings is 1. The molecule has 1 aromatic rings. The molecule has 0 radical (unpaired) electrons. The van der Waals surface area contributed by atoms with Gasteiger partial charge in [0.1, 0.15) is 0 Å². The minimum absolute atomic E-state index is 0.255. The zero-order chi connectivity index (χ0) is 13.5. The second kappa shape index (κ2) is 7.70. The van der Waals surface area contributed by atoms with Crippen molar-refractivity contribution < 1.29 is 4.21 Å². The van der Waals surface area contributed by atoms with Crippen molar-refractivity contribution in [3.8, 4) is 0 Å². The summed E-state index contributed by atoms with van der Waals surface area (Å²) in [6.07, 6.45) is 2.90. The average molecular weight is 267 g/mol. The van der Waals surface area contributed by atoms with Crippen LogP contribution in [0.4, 0.5) is 0 Å². The Morgan fingerprint density at radius 1 is 1.22 bits per heavy atom. The van der Waals surface area contributed by atoms with Crippen molar-refractivity contribution in [2.45, 2.75) is 56.9 Å². The molecular formula is C15H25NOS. The van der Waals surface area contributed by atoms with Gasteiger partial charge in [0, 0.05) is 16.7 Å². The molecule has 2 unspecified atom stereocenters. The number of rotatable bonds is 7. The Morgan fingerprint density at radius 2 is 1.83 bits per heavy atom. The summed E-state index contributed by atoms with van der Waals surface area (Å²) in [4.78, 5) is 0.935. The topological polar surface area (TPSA) is 43.1 Å². The first-order chi connectivity index (χ1) is 8.54. The zero-order valence-corrected chi connectivity index (χ0v) is 12.5. The van der Waals surface area contributed by atoms with Crippen LogP contribution in [0.1, 0.15) is 51.5 Å². The molecule has 0 amide bonds. The smallest absolute Gasteiger partial charge is 0.0529 e. The zero-order valence-electron chi connectivity index (χ0n) is 11.7. The summed E-state index contributed by atoms with van der Waals surface area (Å²) in [5.74, 6) is 1.24. The van der Waals surface area contributed by atoms with E-state index in [1.165, 1.54) is 5.56 Å². The third kappa shape index (κ3) is 4.91. The predicted octanol–water partition coefficient (Wildman–Crippen LogP) is 3.44. The lowest BCUT2D eigenvalue weighted by atomic mass is 10.0. The van der Waals surface area contributed by atoms with Crippen LogP contribution in [-0.2, 0) is 10.8 Å². The molecule has 0 aromatic heterocycles. The Labute approximate surface area is 113 Å². The van der Waals surface area contributed by atoms with Crippen LogP contribution >= 0.6 is 0 Å². The van der Waals surface area contributed by atoms with E-state index in [1.807, 2.05) is 12.1 Å². The van der Waals surface area contributed by atoms with E-state index in [0.717, 1.165) is 24.2 Å². The quantitative estimate of drug-likeness (QED) is 0.822. The van der Waals surface area contributed by atoms with Gasteiger partial charge in [0.25, 0.3) is 0 Å². The van der Waals surface area contributed by atoms with E-state index in [2.05, 4.69) is 32.9 Å². The van der Waals surface area contributed by atoms with E-state index in [-0.39, 0.29) is 6.04 Å². The monoisotopic (exact) mass is 267 g/mol. The highest BCUT2D eigenvalue weighted by atomic mass is 32.2. The van der Waals surface area contributed by atoms with Crippen molar-refractivity contribution >= 4 is 10.8 Å². The largest absolute Gasteiger partial charge is 0.328 e. The van der Waals surface area contributed by atoms with E-state index in [0.29, 0.717) is 11.7 Å². The molecular weight excluding hydrogens is 242 g/mol. The molecule has 3 heteroatoms. The van der Waals surface area contributed by atoms with E-state index < -0.39 is 10.8 Å². The van der Waals surface area contributed by atoms with Crippen molar-refractivity contribution in [3.05, 3.63) is 29.8 Å². The molecule has 2 nitrogen and oxygen atoms in total. The second-order valence-electron chi connectivity index (χ2n) is 5.08. The van der Waals surface area contributed by atoms with Gasteiger partial charge in [-0.15, -0.1) is 0 Å². The van der Waals surface area contributed by atoms with Gasteiger partial charge in [-0.2, -0.15) is 0 Å². The van der Waals surface area contributed by atoms with Gasteiger partial charge in [-0.05, 0) is 42.9 Å². The molecule has 0 spiro atoms. The van der Waals surface area contributed by atoms with Gasteiger partial charge in [0.05, 0.1) is 10.8 Å². The number of nitrogens with two attached hydrogens (primary N) is 1. The van der Waals surface area contributed by atoms with Crippen LogP contribution < -0.4 is 5.73 Å². The van der Waals surface area contributed by atoms with Crippen molar-refractivity contribution in [1.29, 1.82) is 0 Å². The molecule has 0 heterocycles. The van der Waals surface area contributed by atoms with Crippen LogP contribution in [0, 0.1) is 0 Å². The van der Waals surface area contributed by atoms with Crippen LogP contribution in [0.15, 0.2) is 29.2 Å². The first-order valence-electron chi connectivity index (χ1n) is 6.78. The average Bonchev–Trinajstić information content (AvgIpc) is 2.38. The van der Waals surface area contributed by atoms with Crippen LogP contribution in [0.5, 0.6) is 0 Å². The summed E-state index contributed by atoms with van der Waals surface area (Å²) in [6, 6.07) is 8.40. The van der Waals surface area contributed by atoms with Crippen molar-refractivity contribution in [2.24, 2.45) is 5.73 Å². The van der Waals surface area contributed by atoms with Crippen LogP contribution in [0.25, 0.3) is 0 Å². The van der Waals surface area contributed by atoms with Gasteiger partial charge >= 0.3 is 0 Å². The molecule has 2 N–H and O–H groups in total. The van der Waals surface area contributed by atoms with Gasteiger partial charge in [-0.3, -0.25) is 4.21 Å². The maximum absolute atomic E-state index is 12.1. The molecule has 1 aromatic carbocycles. The molecule has 0 aliphatic rings. The molecule has 0 aliphatic heterocycles. The van der Waals surface area contributed by atoms with E-state index in [1.54, 1.807) is 0 Å². The van der Waals surface area contributed by atoms with Crippen molar-refractivity contribution in [3.63, 3.8) is 0 Å². The second-order valence-corrected chi connectivity index (χ2v) is 6.65. The molecule has 0 bridgehead atoms. The summed E-state index contributed by atoms with van der Waals surface area (Å²) in [7, 11) is -0.879. The Hall–Kier alpha value is -0.670. The fourth-order valence-corrected chi connectivity index (χ4v) is 2.91. The lowest BCUT2D eigenvalue weighted by Gasteiger charge is -2.09. The SMILES string of the molecule is CCC(N)CCCS(=O)c1ccc(C(C)C)cc1. The van der Waals surface area contributed by atoms with Gasteiger partial charge in [-0.1, -0.05) is 32.9 Å². The van der Waals surface area contributed by atoms with Crippen LogP contribution in [0.2, 0.25) is 0 Å². The van der Waals surface area contributed by atoms with Crippen molar-refractivity contribution in [2.75, 3.05) is 5.75 Å². The van der Waals surface area contributed by atoms with Crippen LogP contribution in [-0.4, -0.2) is 16.0 Å². The van der Waals surface area contributed by atoms with Gasteiger partial charge in [0.2, 0.25) is 0 Å². The maximum Gasteiger partial charge on any atom is 0.0529 e. The first kappa shape index (κ1) is 15.4. The molecule has 0 fully saturated rings. The lowest BCUT2D eigenvalue weighted by Crippen LogP contribution is -2.19. The predicted molar refractivity (Wildman–Crippen MR) is 79.3 cm³/mol. The summed E-state index contributed by atoms with van der Waals surface area (Å²) >= 11 is 0. The molecule has 2 atom stereocenters. The fourth-order valence-electron chi connectivity index (χ4n) is 1.80.